The van der Waals surface area contributed by atoms with Crippen LogP contribution in [-0.2, 0) is 57.2 Å². The van der Waals surface area contributed by atoms with Gasteiger partial charge in [0.15, 0.2) is 17.8 Å². The molecule has 0 aromatic carbocycles. The highest BCUT2D eigenvalue weighted by Crippen LogP contribution is 2.33. The Labute approximate surface area is 211 Å². The first-order chi connectivity index (χ1) is 17.0. The van der Waals surface area contributed by atoms with E-state index in [0.29, 0.717) is 0 Å². The van der Waals surface area contributed by atoms with E-state index in [1.807, 2.05) is 0 Å². The average Bonchev–Trinajstić information content (AvgIpc) is 2.86. The van der Waals surface area contributed by atoms with Gasteiger partial charge in [0.1, 0.15) is 13.2 Å². The van der Waals surface area contributed by atoms with Crippen molar-refractivity contribution in [3.05, 3.63) is 0 Å². The Hall–Kier alpha value is -3.18. The van der Waals surface area contributed by atoms with Gasteiger partial charge in [-0.15, -0.1) is 0 Å². The summed E-state index contributed by atoms with van der Waals surface area (Å²) < 4.78 is 32.3. The molecule has 3 atom stereocenters. The van der Waals surface area contributed by atoms with Gasteiger partial charge in [0, 0.05) is 45.4 Å². The van der Waals surface area contributed by atoms with Crippen molar-refractivity contribution in [2.75, 3.05) is 19.8 Å². The highest BCUT2D eigenvalue weighted by Gasteiger charge is 2.54. The quantitative estimate of drug-likeness (QED) is 0.204. The molecule has 0 saturated heterocycles. The molecule has 0 N–H and O–H groups in total. The maximum Gasteiger partial charge on any atom is 0.306 e. The second kappa shape index (κ2) is 17.3. The van der Waals surface area contributed by atoms with Crippen LogP contribution in [0.2, 0.25) is 0 Å². The van der Waals surface area contributed by atoms with E-state index in [0.717, 1.165) is 6.92 Å². The molecule has 0 aliphatic heterocycles. The zero-order valence-corrected chi connectivity index (χ0v) is 21.9. The Balaban J connectivity index is 6.83. The molecular formula is C24H38O12. The van der Waals surface area contributed by atoms with Crippen LogP contribution in [0.15, 0.2) is 0 Å². The highest BCUT2D eigenvalue weighted by molar-refractivity contribution is 5.72. The number of carbonyl (C=O) groups is 6. The highest BCUT2D eigenvalue weighted by atomic mass is 16.6. The largest absolute Gasteiger partial charge is 0.466 e. The normalized spacial score (nSPS) is 13.8. The Morgan fingerprint density at radius 1 is 0.583 bits per heavy atom. The van der Waals surface area contributed by atoms with Crippen molar-refractivity contribution in [2.24, 2.45) is 0 Å². The van der Waals surface area contributed by atoms with Gasteiger partial charge in [-0.25, -0.2) is 0 Å². The summed E-state index contributed by atoms with van der Waals surface area (Å²) in [6, 6.07) is 0. The van der Waals surface area contributed by atoms with E-state index in [1.54, 1.807) is 13.8 Å². The van der Waals surface area contributed by atoms with E-state index >= 15 is 0 Å². The second-order valence-corrected chi connectivity index (χ2v) is 7.61. The molecule has 36 heavy (non-hydrogen) atoms. The smallest absolute Gasteiger partial charge is 0.306 e. The van der Waals surface area contributed by atoms with E-state index in [-0.39, 0.29) is 45.1 Å². The first-order valence-electron chi connectivity index (χ1n) is 12.0. The van der Waals surface area contributed by atoms with Crippen LogP contribution in [0, 0.1) is 0 Å². The van der Waals surface area contributed by atoms with Gasteiger partial charge in [-0.3, -0.25) is 28.8 Å². The van der Waals surface area contributed by atoms with Gasteiger partial charge in [-0.1, -0.05) is 34.6 Å². The second-order valence-electron chi connectivity index (χ2n) is 7.61. The summed E-state index contributed by atoms with van der Waals surface area (Å²) in [4.78, 5) is 72.6. The Morgan fingerprint density at radius 2 is 1.00 bits per heavy atom. The van der Waals surface area contributed by atoms with Crippen molar-refractivity contribution in [2.45, 2.75) is 97.9 Å². The van der Waals surface area contributed by atoms with E-state index < -0.39 is 66.8 Å². The summed E-state index contributed by atoms with van der Waals surface area (Å²) in [5, 5.41) is 0. The fraction of sp³-hybridized carbons (Fsp3) is 0.750. The van der Waals surface area contributed by atoms with Crippen molar-refractivity contribution in [1.29, 1.82) is 0 Å². The molecule has 12 heteroatoms. The first kappa shape index (κ1) is 32.8. The minimum atomic E-state index is -2.04. The van der Waals surface area contributed by atoms with Crippen molar-refractivity contribution >= 4 is 35.8 Å². The van der Waals surface area contributed by atoms with Crippen LogP contribution in [0.4, 0.5) is 0 Å². The number of rotatable bonds is 17. The monoisotopic (exact) mass is 518 g/mol. The SMILES string of the molecule is CCC(=O)OCCC(OC(=O)CC)(C(COC(C)=O)OC(=O)CC)C(COC(=O)CC)OC(=O)CC. The molecular weight excluding hydrogens is 480 g/mol. The third kappa shape index (κ3) is 11.5. The maximum absolute atomic E-state index is 12.6. The summed E-state index contributed by atoms with van der Waals surface area (Å²) in [7, 11) is 0. The van der Waals surface area contributed by atoms with Gasteiger partial charge in [-0.05, 0) is 0 Å². The number of hydrogen-bond donors (Lipinski definition) is 0. The molecule has 0 spiro atoms. The number of esters is 6. The third-order valence-corrected chi connectivity index (χ3v) is 4.97. The molecule has 0 aliphatic rings. The molecule has 0 fully saturated rings. The molecule has 0 radical (unpaired) electrons. The molecule has 12 nitrogen and oxygen atoms in total. The summed E-state index contributed by atoms with van der Waals surface area (Å²) in [5.74, 6) is -4.17. The van der Waals surface area contributed by atoms with E-state index in [1.165, 1.54) is 20.8 Å². The molecule has 0 aromatic heterocycles. The lowest BCUT2D eigenvalue weighted by molar-refractivity contribution is -0.231. The number of hydrogen-bond acceptors (Lipinski definition) is 12. The predicted octanol–water partition coefficient (Wildman–Crippen LogP) is 2.18. The third-order valence-electron chi connectivity index (χ3n) is 4.97. The van der Waals surface area contributed by atoms with Crippen LogP contribution in [0.3, 0.4) is 0 Å². The molecule has 0 aliphatic carbocycles. The van der Waals surface area contributed by atoms with Crippen LogP contribution in [-0.4, -0.2) is 73.4 Å². The van der Waals surface area contributed by atoms with Gasteiger partial charge >= 0.3 is 35.8 Å². The summed E-state index contributed by atoms with van der Waals surface area (Å²) in [5.41, 5.74) is -2.04. The van der Waals surface area contributed by atoms with Gasteiger partial charge in [0.05, 0.1) is 6.61 Å². The zero-order chi connectivity index (χ0) is 27.7. The molecule has 0 amide bonds. The van der Waals surface area contributed by atoms with Gasteiger partial charge in [-0.2, -0.15) is 0 Å². The Bertz CT molecular complexity index is 762. The molecule has 206 valence electrons. The summed E-state index contributed by atoms with van der Waals surface area (Å²) in [6.07, 6.45) is -3.55. The van der Waals surface area contributed by atoms with Gasteiger partial charge in [0.25, 0.3) is 0 Å². The topological polar surface area (TPSA) is 158 Å². The zero-order valence-electron chi connectivity index (χ0n) is 21.9. The lowest BCUT2D eigenvalue weighted by Crippen LogP contribution is -2.61. The Morgan fingerprint density at radius 3 is 1.42 bits per heavy atom. The van der Waals surface area contributed by atoms with Gasteiger partial charge in [0.2, 0.25) is 0 Å². The first-order valence-corrected chi connectivity index (χ1v) is 12.0. The van der Waals surface area contributed by atoms with E-state index in [4.69, 9.17) is 28.4 Å². The maximum atomic E-state index is 12.6. The molecule has 3 unspecified atom stereocenters. The number of ether oxygens (including phenoxy) is 6. The van der Waals surface area contributed by atoms with Crippen LogP contribution >= 0.6 is 0 Å². The van der Waals surface area contributed by atoms with E-state index in [2.05, 4.69) is 0 Å². The number of carbonyl (C=O) groups excluding carboxylic acids is 6. The van der Waals surface area contributed by atoms with Crippen molar-refractivity contribution in [3.63, 3.8) is 0 Å². The van der Waals surface area contributed by atoms with Crippen LogP contribution in [0.5, 0.6) is 0 Å². The minimum Gasteiger partial charge on any atom is -0.466 e. The van der Waals surface area contributed by atoms with E-state index in [9.17, 15) is 28.8 Å². The van der Waals surface area contributed by atoms with Crippen LogP contribution in [0.25, 0.3) is 0 Å². The van der Waals surface area contributed by atoms with Crippen LogP contribution in [0.1, 0.15) is 80.1 Å². The Kier molecular flexibility index (Phi) is 15.8. The van der Waals surface area contributed by atoms with Gasteiger partial charge < -0.3 is 28.4 Å². The molecule has 0 rings (SSSR count). The molecule has 0 aromatic rings. The average molecular weight is 519 g/mol. The van der Waals surface area contributed by atoms with Crippen LogP contribution < -0.4 is 0 Å². The summed E-state index contributed by atoms with van der Waals surface area (Å²) >= 11 is 0. The lowest BCUT2D eigenvalue weighted by Gasteiger charge is -2.43. The predicted molar refractivity (Wildman–Crippen MR) is 123 cm³/mol. The molecule has 0 saturated carbocycles. The fourth-order valence-electron chi connectivity index (χ4n) is 2.92. The summed E-state index contributed by atoms with van der Waals surface area (Å²) in [6.45, 7) is 7.31. The minimum absolute atomic E-state index is 0.00595. The molecule has 0 heterocycles. The lowest BCUT2D eigenvalue weighted by atomic mass is 9.86. The van der Waals surface area contributed by atoms with Crippen molar-refractivity contribution in [1.82, 2.24) is 0 Å². The standard InChI is InChI=1S/C24H38O12/c1-7-19(26)31-13-12-24(36-23(30)11-5,17(14-32-16(6)25)34-21(28)9-3)18(35-22(29)10-4)15-33-20(27)8-2/h17-18H,7-15H2,1-6H3. The van der Waals surface area contributed by atoms with Crippen molar-refractivity contribution in [3.8, 4) is 0 Å². The molecule has 0 bridgehead atoms. The fourth-order valence-corrected chi connectivity index (χ4v) is 2.92. The van der Waals surface area contributed by atoms with Crippen molar-refractivity contribution < 1.29 is 57.2 Å².